The minimum atomic E-state index is -3.84. The van der Waals surface area contributed by atoms with E-state index in [1.165, 1.54) is 6.07 Å². The molecule has 2 rings (SSSR count). The van der Waals surface area contributed by atoms with E-state index < -0.39 is 10.0 Å². The Hall–Kier alpha value is -1.44. The molecular formula is C14H15BrN2O3S. The summed E-state index contributed by atoms with van der Waals surface area (Å²) in [6.07, 6.45) is 3.32. The van der Waals surface area contributed by atoms with E-state index in [1.807, 2.05) is 19.1 Å². The summed E-state index contributed by atoms with van der Waals surface area (Å²) in [5.74, 6) is 0.281. The number of sulfonamides is 1. The molecule has 0 atom stereocenters. The number of aromatic nitrogens is 1. The first-order valence-electron chi connectivity index (χ1n) is 6.13. The molecule has 1 aromatic heterocycles. The normalized spacial score (nSPS) is 11.4. The molecule has 1 heterocycles. The van der Waals surface area contributed by atoms with Gasteiger partial charge in [-0.1, -0.05) is 6.07 Å². The van der Waals surface area contributed by atoms with Gasteiger partial charge in [-0.15, -0.1) is 0 Å². The predicted molar refractivity (Wildman–Crippen MR) is 83.6 cm³/mol. The Morgan fingerprint density at radius 3 is 2.57 bits per heavy atom. The van der Waals surface area contributed by atoms with Crippen molar-refractivity contribution < 1.29 is 13.2 Å². The topological polar surface area (TPSA) is 82.3 Å². The van der Waals surface area contributed by atoms with E-state index in [4.69, 9.17) is 9.88 Å². The minimum Gasteiger partial charge on any atom is -0.487 e. The van der Waals surface area contributed by atoms with Gasteiger partial charge in [-0.3, -0.25) is 4.98 Å². The number of nitrogens with two attached hydrogens (primary N) is 1. The summed E-state index contributed by atoms with van der Waals surface area (Å²) in [5.41, 5.74) is 2.36. The molecule has 0 aliphatic heterocycles. The highest BCUT2D eigenvalue weighted by Gasteiger charge is 2.18. The van der Waals surface area contributed by atoms with Crippen LogP contribution < -0.4 is 9.88 Å². The van der Waals surface area contributed by atoms with Crippen LogP contribution >= 0.6 is 15.9 Å². The lowest BCUT2D eigenvalue weighted by molar-refractivity contribution is 0.295. The second-order valence-corrected chi connectivity index (χ2v) is 7.20. The summed E-state index contributed by atoms with van der Waals surface area (Å²) in [7, 11) is -3.84. The lowest BCUT2D eigenvalue weighted by Gasteiger charge is -2.14. The van der Waals surface area contributed by atoms with E-state index in [-0.39, 0.29) is 17.3 Å². The molecule has 0 saturated heterocycles. The van der Waals surface area contributed by atoms with Gasteiger partial charge in [0.15, 0.2) is 0 Å². The molecule has 0 aliphatic carbocycles. The molecule has 1 aromatic carbocycles. The zero-order valence-corrected chi connectivity index (χ0v) is 14.0. The summed E-state index contributed by atoms with van der Waals surface area (Å²) >= 11 is 3.32. The molecule has 5 nitrogen and oxygen atoms in total. The van der Waals surface area contributed by atoms with E-state index in [0.717, 1.165) is 21.2 Å². The van der Waals surface area contributed by atoms with Crippen LogP contribution in [0.4, 0.5) is 0 Å². The largest absolute Gasteiger partial charge is 0.487 e. The van der Waals surface area contributed by atoms with Crippen molar-refractivity contribution in [2.45, 2.75) is 25.3 Å². The van der Waals surface area contributed by atoms with Crippen LogP contribution in [0.1, 0.15) is 16.7 Å². The standard InChI is InChI=1S/C14H15BrN2O3S/c1-9-3-10(2)14(13(4-9)21(16,18)19)20-8-11-5-12(15)7-17-6-11/h3-7H,8H2,1-2H3,(H2,16,18,19). The van der Waals surface area contributed by atoms with Gasteiger partial charge in [0.25, 0.3) is 0 Å². The maximum atomic E-state index is 11.7. The fourth-order valence-corrected chi connectivity index (χ4v) is 3.24. The van der Waals surface area contributed by atoms with Crippen LogP contribution in [-0.2, 0) is 16.6 Å². The van der Waals surface area contributed by atoms with E-state index >= 15 is 0 Å². The van der Waals surface area contributed by atoms with Gasteiger partial charge in [-0.25, -0.2) is 13.6 Å². The Kier molecular flexibility index (Phi) is 4.65. The number of nitrogens with zero attached hydrogens (tertiary/aromatic N) is 1. The summed E-state index contributed by atoms with van der Waals surface area (Å²) in [6, 6.07) is 5.22. The Labute approximate surface area is 132 Å². The number of primary sulfonamides is 1. The van der Waals surface area contributed by atoms with Crippen LogP contribution in [0.2, 0.25) is 0 Å². The van der Waals surface area contributed by atoms with E-state index in [2.05, 4.69) is 20.9 Å². The first-order chi connectivity index (χ1) is 9.77. The van der Waals surface area contributed by atoms with Gasteiger partial charge in [-0.2, -0.15) is 0 Å². The van der Waals surface area contributed by atoms with Crippen molar-refractivity contribution in [1.29, 1.82) is 0 Å². The molecule has 0 spiro atoms. The maximum absolute atomic E-state index is 11.7. The fourth-order valence-electron chi connectivity index (χ4n) is 2.00. The third-order valence-electron chi connectivity index (χ3n) is 2.84. The third kappa shape index (κ3) is 4.03. The highest BCUT2D eigenvalue weighted by atomic mass is 79.9. The molecule has 0 unspecified atom stereocenters. The molecule has 0 bridgehead atoms. The lowest BCUT2D eigenvalue weighted by Crippen LogP contribution is -2.15. The SMILES string of the molecule is Cc1cc(C)c(OCc2cncc(Br)c2)c(S(N)(=O)=O)c1. The molecule has 0 radical (unpaired) electrons. The molecule has 2 aromatic rings. The molecule has 7 heteroatoms. The van der Waals surface area contributed by atoms with Gasteiger partial charge in [0.05, 0.1) is 0 Å². The Morgan fingerprint density at radius 2 is 1.95 bits per heavy atom. The van der Waals surface area contributed by atoms with Crippen LogP contribution in [0, 0.1) is 13.8 Å². The first-order valence-corrected chi connectivity index (χ1v) is 8.47. The molecule has 112 valence electrons. The van der Waals surface area contributed by atoms with Gasteiger partial charge in [0, 0.05) is 22.4 Å². The van der Waals surface area contributed by atoms with Crippen LogP contribution in [-0.4, -0.2) is 13.4 Å². The van der Waals surface area contributed by atoms with Gasteiger partial charge in [0.2, 0.25) is 10.0 Å². The number of rotatable bonds is 4. The highest BCUT2D eigenvalue weighted by molar-refractivity contribution is 9.10. The van der Waals surface area contributed by atoms with Gasteiger partial charge in [0.1, 0.15) is 17.3 Å². The summed E-state index contributed by atoms with van der Waals surface area (Å²) in [6.45, 7) is 3.80. The molecule has 21 heavy (non-hydrogen) atoms. The van der Waals surface area contributed by atoms with Crippen LogP contribution in [0.5, 0.6) is 5.75 Å². The number of pyridine rings is 1. The van der Waals surface area contributed by atoms with Gasteiger partial charge < -0.3 is 4.74 Å². The number of benzene rings is 1. The number of hydrogen-bond donors (Lipinski definition) is 1. The van der Waals surface area contributed by atoms with Crippen LogP contribution in [0.3, 0.4) is 0 Å². The lowest BCUT2D eigenvalue weighted by atomic mass is 10.1. The van der Waals surface area contributed by atoms with Crippen molar-refractivity contribution in [3.8, 4) is 5.75 Å². The first kappa shape index (κ1) is 15.9. The minimum absolute atomic E-state index is 0.00274. The Morgan fingerprint density at radius 1 is 1.24 bits per heavy atom. The number of aryl methyl sites for hydroxylation is 2. The molecular weight excluding hydrogens is 356 g/mol. The average Bonchev–Trinajstić information content (AvgIpc) is 2.36. The molecule has 0 aliphatic rings. The predicted octanol–water partition coefficient (Wildman–Crippen LogP) is 2.69. The van der Waals surface area contributed by atoms with Crippen LogP contribution in [0.15, 0.2) is 40.0 Å². The second kappa shape index (κ2) is 6.13. The fraction of sp³-hybridized carbons (Fsp3) is 0.214. The second-order valence-electron chi connectivity index (χ2n) is 4.75. The van der Waals surface area contributed by atoms with Gasteiger partial charge >= 0.3 is 0 Å². The number of hydrogen-bond acceptors (Lipinski definition) is 4. The van der Waals surface area contributed by atoms with Gasteiger partial charge in [-0.05, 0) is 53.0 Å². The Bertz CT molecular complexity index is 776. The summed E-state index contributed by atoms with van der Waals surface area (Å²) in [4.78, 5) is 4.04. The van der Waals surface area contributed by atoms with E-state index in [1.54, 1.807) is 19.3 Å². The molecule has 0 amide bonds. The smallest absolute Gasteiger partial charge is 0.241 e. The number of ether oxygens (including phenoxy) is 1. The summed E-state index contributed by atoms with van der Waals surface area (Å²) < 4.78 is 29.9. The monoisotopic (exact) mass is 370 g/mol. The Balaban J connectivity index is 2.36. The van der Waals surface area contributed by atoms with Crippen molar-refractivity contribution in [3.63, 3.8) is 0 Å². The van der Waals surface area contributed by atoms with Crippen molar-refractivity contribution in [2.75, 3.05) is 0 Å². The summed E-state index contributed by atoms with van der Waals surface area (Å²) in [5, 5.41) is 5.26. The molecule has 2 N–H and O–H groups in total. The van der Waals surface area contributed by atoms with E-state index in [9.17, 15) is 8.42 Å². The van der Waals surface area contributed by atoms with Crippen molar-refractivity contribution in [3.05, 3.63) is 51.8 Å². The van der Waals surface area contributed by atoms with Crippen molar-refractivity contribution in [1.82, 2.24) is 4.98 Å². The van der Waals surface area contributed by atoms with Crippen molar-refractivity contribution in [2.24, 2.45) is 5.14 Å². The average molecular weight is 371 g/mol. The maximum Gasteiger partial charge on any atom is 0.241 e. The zero-order chi connectivity index (χ0) is 15.6. The van der Waals surface area contributed by atoms with E-state index in [0.29, 0.717) is 0 Å². The number of halogens is 1. The highest BCUT2D eigenvalue weighted by Crippen LogP contribution is 2.29. The quantitative estimate of drug-likeness (QED) is 0.896. The third-order valence-corrected chi connectivity index (χ3v) is 4.19. The zero-order valence-electron chi connectivity index (χ0n) is 11.6. The molecule has 0 fully saturated rings. The van der Waals surface area contributed by atoms with Crippen molar-refractivity contribution >= 4 is 26.0 Å². The molecule has 0 saturated carbocycles. The van der Waals surface area contributed by atoms with Crippen LogP contribution in [0.25, 0.3) is 0 Å².